The zero-order valence-corrected chi connectivity index (χ0v) is 17.3. The molecule has 0 saturated heterocycles. The summed E-state index contributed by atoms with van der Waals surface area (Å²) >= 11 is 1.41. The van der Waals surface area contributed by atoms with Crippen LogP contribution in [0.2, 0.25) is 0 Å². The highest BCUT2D eigenvalue weighted by Gasteiger charge is 2.18. The van der Waals surface area contributed by atoms with E-state index in [0.717, 1.165) is 23.5 Å². The number of aromatic nitrogens is 4. The minimum atomic E-state index is 0.105. The summed E-state index contributed by atoms with van der Waals surface area (Å²) in [5.41, 5.74) is 3.13. The van der Waals surface area contributed by atoms with Gasteiger partial charge in [-0.05, 0) is 50.1 Å². The first-order chi connectivity index (χ1) is 13.7. The van der Waals surface area contributed by atoms with Crippen molar-refractivity contribution in [2.45, 2.75) is 32.3 Å². The topological polar surface area (TPSA) is 63.9 Å². The second-order valence-corrected chi connectivity index (χ2v) is 7.20. The van der Waals surface area contributed by atoms with Crippen LogP contribution in [-0.2, 0) is 11.2 Å². The van der Waals surface area contributed by atoms with Crippen molar-refractivity contribution in [1.29, 1.82) is 0 Å². The Morgan fingerprint density at radius 2 is 1.82 bits per heavy atom. The van der Waals surface area contributed by atoms with Crippen molar-refractivity contribution in [2.24, 2.45) is 0 Å². The Morgan fingerprint density at radius 3 is 2.43 bits per heavy atom. The third-order valence-electron chi connectivity index (χ3n) is 4.60. The van der Waals surface area contributed by atoms with Crippen molar-refractivity contribution >= 4 is 17.7 Å². The van der Waals surface area contributed by atoms with Gasteiger partial charge < -0.3 is 4.90 Å². The number of nitrogens with zero attached hydrogens (tertiary/aromatic N) is 5. The lowest BCUT2D eigenvalue weighted by molar-refractivity contribution is -0.127. The average Bonchev–Trinajstić information content (AvgIpc) is 3.17. The Balaban J connectivity index is 1.96. The minimum Gasteiger partial charge on any atom is -0.343 e. The number of carbonyl (C=O) groups excluding carboxylic acids is 1. The molecule has 0 aliphatic carbocycles. The van der Waals surface area contributed by atoms with E-state index in [4.69, 9.17) is 0 Å². The van der Waals surface area contributed by atoms with Crippen molar-refractivity contribution in [1.82, 2.24) is 24.6 Å². The first-order valence-corrected chi connectivity index (χ1v) is 10.5. The molecule has 7 heteroatoms. The van der Waals surface area contributed by atoms with Crippen LogP contribution >= 0.6 is 11.8 Å². The summed E-state index contributed by atoms with van der Waals surface area (Å²) in [6.07, 6.45) is 4.49. The number of hydrogen-bond donors (Lipinski definition) is 0. The van der Waals surface area contributed by atoms with Crippen molar-refractivity contribution in [3.05, 3.63) is 54.4 Å². The van der Waals surface area contributed by atoms with Gasteiger partial charge in [0.05, 0.1) is 5.75 Å². The molecule has 3 aromatic rings. The van der Waals surface area contributed by atoms with Crippen LogP contribution in [0.5, 0.6) is 0 Å². The standard InChI is InChI=1S/C21H25N5OS/c1-4-16-9-11-18(12-10-16)26-20(17-8-7-13-22-14-17)23-24-21(26)28-15-19(27)25(5-2)6-3/h7-14H,4-6,15H2,1-3H3. The quantitative estimate of drug-likeness (QED) is 0.542. The number of benzene rings is 1. The van der Waals surface area contributed by atoms with Crippen LogP contribution < -0.4 is 0 Å². The van der Waals surface area contributed by atoms with Crippen molar-refractivity contribution in [2.75, 3.05) is 18.8 Å². The first-order valence-electron chi connectivity index (χ1n) is 9.53. The highest BCUT2D eigenvalue weighted by molar-refractivity contribution is 7.99. The van der Waals surface area contributed by atoms with Crippen molar-refractivity contribution in [3.8, 4) is 17.1 Å². The van der Waals surface area contributed by atoms with E-state index < -0.39 is 0 Å². The van der Waals surface area contributed by atoms with E-state index in [1.54, 1.807) is 12.4 Å². The SMILES string of the molecule is CCc1ccc(-n2c(SCC(=O)N(CC)CC)nnc2-c2cccnc2)cc1. The minimum absolute atomic E-state index is 0.105. The van der Waals surface area contributed by atoms with Crippen LogP contribution in [0.25, 0.3) is 17.1 Å². The van der Waals surface area contributed by atoms with Gasteiger partial charge in [-0.2, -0.15) is 0 Å². The van der Waals surface area contributed by atoms with Crippen molar-refractivity contribution < 1.29 is 4.79 Å². The van der Waals surface area contributed by atoms with Gasteiger partial charge in [0, 0.05) is 36.7 Å². The summed E-state index contributed by atoms with van der Waals surface area (Å²) in [6, 6.07) is 12.2. The lowest BCUT2D eigenvalue weighted by Gasteiger charge is -2.18. The van der Waals surface area contributed by atoms with E-state index in [9.17, 15) is 4.79 Å². The van der Waals surface area contributed by atoms with E-state index in [1.165, 1.54) is 17.3 Å². The number of amides is 1. The maximum Gasteiger partial charge on any atom is 0.233 e. The molecule has 1 amide bonds. The van der Waals surface area contributed by atoms with Gasteiger partial charge in [0.25, 0.3) is 0 Å². The van der Waals surface area contributed by atoms with Gasteiger partial charge in [-0.3, -0.25) is 14.3 Å². The van der Waals surface area contributed by atoms with Crippen LogP contribution in [0.4, 0.5) is 0 Å². The molecule has 0 atom stereocenters. The summed E-state index contributed by atoms with van der Waals surface area (Å²) in [5, 5.41) is 9.47. The van der Waals surface area contributed by atoms with E-state index in [0.29, 0.717) is 24.0 Å². The fourth-order valence-corrected chi connectivity index (χ4v) is 3.81. The summed E-state index contributed by atoms with van der Waals surface area (Å²) in [5.74, 6) is 1.16. The molecule has 0 aliphatic rings. The summed E-state index contributed by atoms with van der Waals surface area (Å²) in [4.78, 5) is 18.5. The largest absolute Gasteiger partial charge is 0.343 e. The average molecular weight is 396 g/mol. The fraction of sp³-hybridized carbons (Fsp3) is 0.333. The van der Waals surface area contributed by atoms with Crippen LogP contribution in [0, 0.1) is 0 Å². The molecule has 0 spiro atoms. The molecule has 0 radical (unpaired) electrons. The lowest BCUT2D eigenvalue weighted by atomic mass is 10.1. The molecule has 0 N–H and O–H groups in total. The van der Waals surface area contributed by atoms with Gasteiger partial charge >= 0.3 is 0 Å². The van der Waals surface area contributed by atoms with E-state index in [2.05, 4.69) is 46.4 Å². The zero-order valence-electron chi connectivity index (χ0n) is 16.5. The number of aryl methyl sites for hydroxylation is 1. The molecule has 0 bridgehead atoms. The highest BCUT2D eigenvalue weighted by atomic mass is 32.2. The molecule has 2 aromatic heterocycles. The molecule has 3 rings (SSSR count). The van der Waals surface area contributed by atoms with Crippen LogP contribution in [0.15, 0.2) is 53.9 Å². The van der Waals surface area contributed by atoms with E-state index >= 15 is 0 Å². The lowest BCUT2D eigenvalue weighted by Crippen LogP contribution is -2.31. The Labute approximate surface area is 170 Å². The highest BCUT2D eigenvalue weighted by Crippen LogP contribution is 2.28. The predicted molar refractivity (Wildman–Crippen MR) is 113 cm³/mol. The maximum atomic E-state index is 12.4. The predicted octanol–water partition coefficient (Wildman–Crippen LogP) is 3.85. The van der Waals surface area contributed by atoms with Gasteiger partial charge in [0.1, 0.15) is 0 Å². The summed E-state index contributed by atoms with van der Waals surface area (Å²) in [6.45, 7) is 7.54. The second-order valence-electron chi connectivity index (χ2n) is 6.26. The molecule has 0 fully saturated rings. The number of hydrogen-bond acceptors (Lipinski definition) is 5. The Morgan fingerprint density at radius 1 is 1.07 bits per heavy atom. The Kier molecular flexibility index (Phi) is 6.81. The first kappa shape index (κ1) is 20.1. The van der Waals surface area contributed by atoms with Gasteiger partial charge in [-0.25, -0.2) is 0 Å². The monoisotopic (exact) mass is 395 g/mol. The van der Waals surface area contributed by atoms with Gasteiger partial charge in [-0.15, -0.1) is 10.2 Å². The second kappa shape index (κ2) is 9.50. The van der Waals surface area contributed by atoms with Gasteiger partial charge in [0.15, 0.2) is 11.0 Å². The molecular weight excluding hydrogens is 370 g/mol. The molecular formula is C21H25N5OS. The molecule has 146 valence electrons. The van der Waals surface area contributed by atoms with Crippen LogP contribution in [0.3, 0.4) is 0 Å². The van der Waals surface area contributed by atoms with Crippen LogP contribution in [-0.4, -0.2) is 49.4 Å². The fourth-order valence-electron chi connectivity index (χ4n) is 2.95. The summed E-state index contributed by atoms with van der Waals surface area (Å²) in [7, 11) is 0. The number of rotatable bonds is 8. The molecule has 0 aliphatic heterocycles. The maximum absolute atomic E-state index is 12.4. The molecule has 28 heavy (non-hydrogen) atoms. The number of carbonyl (C=O) groups is 1. The van der Waals surface area contributed by atoms with Crippen LogP contribution in [0.1, 0.15) is 26.3 Å². The zero-order chi connectivity index (χ0) is 19.9. The van der Waals surface area contributed by atoms with E-state index in [1.807, 2.05) is 35.4 Å². The molecule has 6 nitrogen and oxygen atoms in total. The van der Waals surface area contributed by atoms with Crippen molar-refractivity contribution in [3.63, 3.8) is 0 Å². The number of pyridine rings is 1. The third-order valence-corrected chi connectivity index (χ3v) is 5.51. The normalized spacial score (nSPS) is 10.8. The molecule has 1 aromatic carbocycles. The summed E-state index contributed by atoms with van der Waals surface area (Å²) < 4.78 is 2.00. The number of thioether (sulfide) groups is 1. The smallest absolute Gasteiger partial charge is 0.233 e. The third kappa shape index (κ3) is 4.42. The molecule has 0 saturated carbocycles. The van der Waals surface area contributed by atoms with Gasteiger partial charge in [0.2, 0.25) is 5.91 Å². The Hall–Kier alpha value is -2.67. The Bertz CT molecular complexity index is 904. The molecule has 2 heterocycles. The molecule has 0 unspecified atom stereocenters. The van der Waals surface area contributed by atoms with Gasteiger partial charge in [-0.1, -0.05) is 30.8 Å². The van der Waals surface area contributed by atoms with E-state index in [-0.39, 0.29) is 5.91 Å².